The molecule has 150 valence electrons. The molecule has 8 heteroatoms. The quantitative estimate of drug-likeness (QED) is 0.676. The molecule has 1 atom stereocenters. The molecule has 1 saturated heterocycles. The lowest BCUT2D eigenvalue weighted by atomic mass is 10.1. The third-order valence-corrected chi connectivity index (χ3v) is 4.58. The first-order valence-electron chi connectivity index (χ1n) is 9.35. The summed E-state index contributed by atoms with van der Waals surface area (Å²) in [5, 5.41) is 2.65. The van der Waals surface area contributed by atoms with E-state index in [9.17, 15) is 9.59 Å². The second-order valence-corrected chi connectivity index (χ2v) is 6.77. The molecule has 1 N–H and O–H groups in total. The number of nitrogens with zero attached hydrogens (tertiary/aromatic N) is 2. The number of carbonyl (C=O) groups is 2. The van der Waals surface area contributed by atoms with Crippen molar-refractivity contribution in [3.63, 3.8) is 0 Å². The first kappa shape index (κ1) is 18.9. The van der Waals surface area contributed by atoms with Gasteiger partial charge in [0.15, 0.2) is 11.4 Å². The molecule has 1 amide bonds. The fraction of sp³-hybridized carbons (Fsp3) is 0.286. The minimum absolute atomic E-state index is 0.0758. The van der Waals surface area contributed by atoms with Crippen LogP contribution < -0.4 is 10.2 Å². The van der Waals surface area contributed by atoms with E-state index >= 15 is 0 Å². The highest BCUT2D eigenvalue weighted by atomic mass is 16.6. The SMILES string of the molecule is CC(=O)c1cccc(NC(=O)OC2COCCN(c3nc4ccccc4o3)C2)c1. The van der Waals surface area contributed by atoms with Gasteiger partial charge in [-0.2, -0.15) is 4.98 Å². The zero-order valence-electron chi connectivity index (χ0n) is 16.0. The van der Waals surface area contributed by atoms with Crippen LogP contribution in [0.25, 0.3) is 11.1 Å². The lowest BCUT2D eigenvalue weighted by Crippen LogP contribution is -2.36. The summed E-state index contributed by atoms with van der Waals surface area (Å²) >= 11 is 0. The van der Waals surface area contributed by atoms with Crippen molar-refractivity contribution >= 4 is 34.7 Å². The fourth-order valence-electron chi connectivity index (χ4n) is 3.13. The van der Waals surface area contributed by atoms with Crippen LogP contribution in [0.4, 0.5) is 16.5 Å². The summed E-state index contributed by atoms with van der Waals surface area (Å²) in [5.74, 6) is -0.0758. The van der Waals surface area contributed by atoms with Crippen LogP contribution in [-0.2, 0) is 9.47 Å². The van der Waals surface area contributed by atoms with Crippen LogP contribution in [0.15, 0.2) is 52.9 Å². The number of Topliss-reactive ketones (excluding diaryl/α,β-unsaturated/α-hetero) is 1. The number of hydrogen-bond donors (Lipinski definition) is 1. The number of rotatable bonds is 4. The summed E-state index contributed by atoms with van der Waals surface area (Å²) in [6, 6.07) is 14.7. The maximum absolute atomic E-state index is 12.3. The molecule has 0 saturated carbocycles. The van der Waals surface area contributed by atoms with Gasteiger partial charge in [-0.25, -0.2) is 4.79 Å². The van der Waals surface area contributed by atoms with Crippen molar-refractivity contribution in [1.82, 2.24) is 4.98 Å². The molecule has 0 bridgehead atoms. The molecular weight excluding hydrogens is 374 g/mol. The van der Waals surface area contributed by atoms with Crippen LogP contribution in [0, 0.1) is 0 Å². The van der Waals surface area contributed by atoms with E-state index in [2.05, 4.69) is 10.3 Å². The predicted molar refractivity (Wildman–Crippen MR) is 107 cm³/mol. The molecule has 3 aromatic rings. The number of amides is 1. The van der Waals surface area contributed by atoms with E-state index in [1.807, 2.05) is 29.2 Å². The molecule has 2 aromatic carbocycles. The summed E-state index contributed by atoms with van der Waals surface area (Å²) in [4.78, 5) is 30.2. The van der Waals surface area contributed by atoms with Gasteiger partial charge >= 0.3 is 6.09 Å². The summed E-state index contributed by atoms with van der Waals surface area (Å²) in [5.41, 5.74) is 2.48. The van der Waals surface area contributed by atoms with Crippen molar-refractivity contribution in [3.8, 4) is 0 Å². The third-order valence-electron chi connectivity index (χ3n) is 4.58. The highest BCUT2D eigenvalue weighted by molar-refractivity contribution is 5.96. The monoisotopic (exact) mass is 395 g/mol. The normalized spacial score (nSPS) is 17.0. The second-order valence-electron chi connectivity index (χ2n) is 6.77. The lowest BCUT2D eigenvalue weighted by Gasteiger charge is -2.22. The Hall–Kier alpha value is -3.39. The number of fused-ring (bicyclic) bond motifs is 1. The van der Waals surface area contributed by atoms with Gasteiger partial charge in [0.05, 0.1) is 19.8 Å². The van der Waals surface area contributed by atoms with Crippen LogP contribution in [-0.4, -0.2) is 49.3 Å². The minimum Gasteiger partial charge on any atom is -0.442 e. The Morgan fingerprint density at radius 1 is 1.21 bits per heavy atom. The second kappa shape index (κ2) is 8.32. The summed E-state index contributed by atoms with van der Waals surface area (Å²) in [7, 11) is 0. The molecule has 4 rings (SSSR count). The number of aromatic nitrogens is 1. The Labute approximate surface area is 167 Å². The molecule has 1 aliphatic rings. The molecule has 0 spiro atoms. The van der Waals surface area contributed by atoms with Crippen molar-refractivity contribution in [2.45, 2.75) is 13.0 Å². The van der Waals surface area contributed by atoms with Crippen LogP contribution in [0.1, 0.15) is 17.3 Å². The number of nitrogens with one attached hydrogen (secondary N) is 1. The molecular formula is C21H21N3O5. The Balaban J connectivity index is 1.42. The van der Waals surface area contributed by atoms with E-state index in [1.54, 1.807) is 24.3 Å². The largest absolute Gasteiger partial charge is 0.442 e. The number of ketones is 1. The molecule has 1 aromatic heterocycles. The van der Waals surface area contributed by atoms with Crippen molar-refractivity contribution < 1.29 is 23.5 Å². The molecule has 1 unspecified atom stereocenters. The Morgan fingerprint density at radius 2 is 2.07 bits per heavy atom. The number of oxazole rings is 1. The molecule has 2 heterocycles. The zero-order chi connectivity index (χ0) is 20.2. The van der Waals surface area contributed by atoms with Gasteiger partial charge in [-0.05, 0) is 31.2 Å². The van der Waals surface area contributed by atoms with E-state index in [-0.39, 0.29) is 12.4 Å². The number of para-hydroxylation sites is 2. The maximum Gasteiger partial charge on any atom is 0.412 e. The van der Waals surface area contributed by atoms with E-state index in [1.165, 1.54) is 6.92 Å². The molecule has 0 radical (unpaired) electrons. The third kappa shape index (κ3) is 4.55. The first-order chi connectivity index (χ1) is 14.1. The van der Waals surface area contributed by atoms with Gasteiger partial charge in [-0.3, -0.25) is 10.1 Å². The summed E-state index contributed by atoms with van der Waals surface area (Å²) < 4.78 is 16.9. The number of anilines is 2. The highest BCUT2D eigenvalue weighted by Crippen LogP contribution is 2.23. The van der Waals surface area contributed by atoms with Gasteiger partial charge in [-0.1, -0.05) is 24.3 Å². The summed E-state index contributed by atoms with van der Waals surface area (Å²) in [6.07, 6.45) is -1.11. The van der Waals surface area contributed by atoms with Crippen LogP contribution in [0.5, 0.6) is 0 Å². The van der Waals surface area contributed by atoms with Crippen molar-refractivity contribution in [3.05, 3.63) is 54.1 Å². The summed E-state index contributed by atoms with van der Waals surface area (Å²) in [6.45, 7) is 3.20. The zero-order valence-corrected chi connectivity index (χ0v) is 16.0. The topological polar surface area (TPSA) is 93.9 Å². The van der Waals surface area contributed by atoms with Crippen molar-refractivity contribution in [1.29, 1.82) is 0 Å². The van der Waals surface area contributed by atoms with Crippen LogP contribution >= 0.6 is 0 Å². The van der Waals surface area contributed by atoms with Crippen LogP contribution in [0.3, 0.4) is 0 Å². The van der Waals surface area contributed by atoms with Gasteiger partial charge in [0.1, 0.15) is 11.6 Å². The van der Waals surface area contributed by atoms with Gasteiger partial charge in [-0.15, -0.1) is 0 Å². The number of ether oxygens (including phenoxy) is 2. The fourth-order valence-corrected chi connectivity index (χ4v) is 3.13. The Bertz CT molecular complexity index is 999. The van der Waals surface area contributed by atoms with E-state index in [4.69, 9.17) is 13.9 Å². The van der Waals surface area contributed by atoms with Gasteiger partial charge < -0.3 is 18.8 Å². The number of carbonyl (C=O) groups excluding carboxylic acids is 2. The number of hydrogen-bond acceptors (Lipinski definition) is 7. The Morgan fingerprint density at radius 3 is 2.90 bits per heavy atom. The molecule has 29 heavy (non-hydrogen) atoms. The predicted octanol–water partition coefficient (Wildman–Crippen LogP) is 3.48. The highest BCUT2D eigenvalue weighted by Gasteiger charge is 2.25. The minimum atomic E-state index is -0.612. The van der Waals surface area contributed by atoms with E-state index < -0.39 is 12.2 Å². The average Bonchev–Trinajstić information content (AvgIpc) is 3.01. The maximum atomic E-state index is 12.3. The van der Waals surface area contributed by atoms with Gasteiger partial charge in [0.2, 0.25) is 0 Å². The van der Waals surface area contributed by atoms with Crippen molar-refractivity contribution in [2.75, 3.05) is 36.5 Å². The molecule has 8 nitrogen and oxygen atoms in total. The smallest absolute Gasteiger partial charge is 0.412 e. The van der Waals surface area contributed by atoms with Gasteiger partial charge in [0, 0.05) is 17.8 Å². The van der Waals surface area contributed by atoms with E-state index in [0.29, 0.717) is 42.5 Å². The standard InChI is InChI=1S/C21H21N3O5/c1-14(25)15-5-4-6-16(11-15)22-21(26)28-17-12-24(9-10-27-13-17)20-23-18-7-2-3-8-19(18)29-20/h2-8,11,17H,9-10,12-13H2,1H3,(H,22,26). The molecule has 1 aliphatic heterocycles. The molecule has 1 fully saturated rings. The average molecular weight is 395 g/mol. The van der Waals surface area contributed by atoms with E-state index in [0.717, 1.165) is 5.52 Å². The van der Waals surface area contributed by atoms with Crippen LogP contribution in [0.2, 0.25) is 0 Å². The number of benzene rings is 2. The first-order valence-corrected chi connectivity index (χ1v) is 9.35. The lowest BCUT2D eigenvalue weighted by molar-refractivity contribution is 0.0443. The van der Waals surface area contributed by atoms with Gasteiger partial charge in [0.25, 0.3) is 6.01 Å². The molecule has 0 aliphatic carbocycles. The Kier molecular flexibility index (Phi) is 5.44. The van der Waals surface area contributed by atoms with Crippen molar-refractivity contribution in [2.24, 2.45) is 0 Å².